The third-order valence-corrected chi connectivity index (χ3v) is 2.73. The second-order valence-electron chi connectivity index (χ2n) is 4.30. The quantitative estimate of drug-likeness (QED) is 0.446. The molecule has 0 aliphatic carbocycles. The summed E-state index contributed by atoms with van der Waals surface area (Å²) in [7, 11) is 3.04. The van der Waals surface area contributed by atoms with Gasteiger partial charge in [0, 0.05) is 13.8 Å². The van der Waals surface area contributed by atoms with E-state index < -0.39 is 23.9 Å². The number of benzene rings is 1. The molecule has 0 bridgehead atoms. The van der Waals surface area contributed by atoms with E-state index in [0.717, 1.165) is 13.8 Å². The molecule has 0 saturated heterocycles. The van der Waals surface area contributed by atoms with Crippen LogP contribution in [0, 0.1) is 0 Å². The third-order valence-electron chi connectivity index (χ3n) is 2.73. The first-order valence-electron chi connectivity index (χ1n) is 6.47. The van der Waals surface area contributed by atoms with Crippen LogP contribution in [-0.4, -0.2) is 38.8 Å². The molecule has 0 radical (unpaired) electrons. The van der Waals surface area contributed by atoms with E-state index >= 15 is 0 Å². The van der Waals surface area contributed by atoms with Crippen LogP contribution in [0.5, 0.6) is 5.75 Å². The molecule has 116 valence electrons. The molecule has 7 nitrogen and oxygen atoms in total. The van der Waals surface area contributed by atoms with E-state index in [4.69, 9.17) is 4.74 Å². The highest BCUT2D eigenvalue weighted by molar-refractivity contribution is 6.11. The van der Waals surface area contributed by atoms with E-state index in [0.29, 0.717) is 11.9 Å². The number of methoxy groups -OCH3 is 1. The molecule has 0 amide bonds. The summed E-state index contributed by atoms with van der Waals surface area (Å²) in [5, 5.41) is 0. The molecule has 0 heterocycles. The molecule has 8 heteroatoms. The first kappa shape index (κ1) is 17.4. The van der Waals surface area contributed by atoms with Gasteiger partial charge in [-0.25, -0.2) is 9.59 Å². The van der Waals surface area contributed by atoms with Gasteiger partial charge < -0.3 is 14.2 Å². The lowest BCUT2D eigenvalue weighted by atomic mass is 9.91. The van der Waals surface area contributed by atoms with E-state index in [1.54, 1.807) is 7.85 Å². The molecule has 0 spiro atoms. The number of hydrogen-bond donors (Lipinski definition) is 0. The Labute approximate surface area is 127 Å². The molecule has 0 aromatic heterocycles. The lowest BCUT2D eigenvalue weighted by Gasteiger charge is -2.14. The van der Waals surface area contributed by atoms with Crippen molar-refractivity contribution in [3.05, 3.63) is 28.8 Å². The van der Waals surface area contributed by atoms with Crippen molar-refractivity contribution in [3.8, 4) is 5.75 Å². The zero-order valence-electron chi connectivity index (χ0n) is 12.7. The Balaban J connectivity index is 3.44. The first-order valence-corrected chi connectivity index (χ1v) is 6.47. The predicted octanol–water partition coefficient (Wildman–Crippen LogP) is 0.235. The van der Waals surface area contributed by atoms with Crippen molar-refractivity contribution >= 4 is 31.7 Å². The number of carbonyl (C=O) groups excluding carboxylic acids is 4. The highest BCUT2D eigenvalue weighted by Crippen LogP contribution is 2.29. The number of esters is 4. The minimum atomic E-state index is -0.955. The first-order chi connectivity index (χ1) is 10.3. The van der Waals surface area contributed by atoms with Gasteiger partial charge in [-0.05, 0) is 11.6 Å². The zero-order valence-corrected chi connectivity index (χ0v) is 12.7. The second kappa shape index (κ2) is 7.40. The summed E-state index contributed by atoms with van der Waals surface area (Å²) in [6, 6.07) is 2.89. The molecule has 1 aromatic rings. The van der Waals surface area contributed by atoms with Crippen molar-refractivity contribution < 1.29 is 33.4 Å². The Bertz CT molecular complexity index is 636. The van der Waals surface area contributed by atoms with Crippen LogP contribution in [0.3, 0.4) is 0 Å². The van der Waals surface area contributed by atoms with Gasteiger partial charge in [0.25, 0.3) is 0 Å². The van der Waals surface area contributed by atoms with E-state index in [9.17, 15) is 19.2 Å². The van der Waals surface area contributed by atoms with E-state index in [1.165, 1.54) is 19.2 Å². The Hall–Kier alpha value is -2.64. The van der Waals surface area contributed by atoms with Crippen LogP contribution >= 0.6 is 0 Å². The van der Waals surface area contributed by atoms with Crippen molar-refractivity contribution in [3.63, 3.8) is 0 Å². The second-order valence-corrected chi connectivity index (χ2v) is 4.30. The fourth-order valence-corrected chi connectivity index (χ4v) is 1.88. The van der Waals surface area contributed by atoms with Crippen LogP contribution in [0.1, 0.15) is 40.1 Å². The highest BCUT2D eigenvalue weighted by Gasteiger charge is 2.26. The van der Waals surface area contributed by atoms with Crippen molar-refractivity contribution in [2.24, 2.45) is 0 Å². The minimum Gasteiger partial charge on any atom is -0.495 e. The van der Waals surface area contributed by atoms with Crippen LogP contribution in [-0.2, 0) is 25.4 Å². The van der Waals surface area contributed by atoms with Gasteiger partial charge in [0.1, 0.15) is 24.7 Å². The van der Waals surface area contributed by atoms with Gasteiger partial charge in [-0.3, -0.25) is 9.59 Å². The highest BCUT2D eigenvalue weighted by atomic mass is 16.6. The monoisotopic (exact) mass is 306 g/mol. The fourth-order valence-electron chi connectivity index (χ4n) is 1.88. The molecule has 0 saturated carbocycles. The number of carbonyl (C=O) groups is 4. The average molecular weight is 306 g/mol. The lowest BCUT2D eigenvalue weighted by molar-refractivity contribution is -0.136. The molecule has 0 fully saturated rings. The summed E-state index contributed by atoms with van der Waals surface area (Å²) < 4.78 is 14.2. The average Bonchev–Trinajstić information content (AvgIpc) is 2.43. The minimum absolute atomic E-state index is 0.0433. The van der Waals surface area contributed by atoms with Crippen LogP contribution < -0.4 is 4.74 Å². The number of rotatable bonds is 4. The van der Waals surface area contributed by atoms with Gasteiger partial charge in [0.05, 0.1) is 7.11 Å². The van der Waals surface area contributed by atoms with Crippen molar-refractivity contribution in [1.82, 2.24) is 0 Å². The third kappa shape index (κ3) is 3.94. The molecule has 22 heavy (non-hydrogen) atoms. The zero-order chi connectivity index (χ0) is 16.9. The smallest absolute Gasteiger partial charge is 0.349 e. The molecule has 0 aliphatic rings. The van der Waals surface area contributed by atoms with Gasteiger partial charge >= 0.3 is 23.9 Å². The molecule has 1 rings (SSSR count). The van der Waals surface area contributed by atoms with Crippen LogP contribution in [0.2, 0.25) is 0 Å². The molecular formula is C14H15BO7. The van der Waals surface area contributed by atoms with Gasteiger partial charge in [0.15, 0.2) is 0 Å². The summed E-state index contributed by atoms with van der Waals surface area (Å²) in [5.74, 6) is -3.57. The normalized spacial score (nSPS) is 9.77. The van der Waals surface area contributed by atoms with Gasteiger partial charge in [-0.15, -0.1) is 0 Å². The fraction of sp³-hybridized carbons (Fsp3) is 0.286. The maximum Gasteiger partial charge on any atom is 0.349 e. The van der Waals surface area contributed by atoms with Crippen LogP contribution in [0.25, 0.3) is 0 Å². The van der Waals surface area contributed by atoms with Crippen molar-refractivity contribution in [2.45, 2.75) is 20.2 Å². The van der Waals surface area contributed by atoms with E-state index in [2.05, 4.69) is 9.47 Å². The maximum absolute atomic E-state index is 12.1. The standard InChI is InChI=1S/C14H15BO7/c1-7(16)21-13(18)10-5-4-9(6-15)11(12(10)20-3)14(19)22-8(2)17/h4-5H,6,15H2,1-3H3. The summed E-state index contributed by atoms with van der Waals surface area (Å²) in [6.45, 7) is 2.17. The Morgan fingerprint density at radius 3 is 2.00 bits per heavy atom. The van der Waals surface area contributed by atoms with Crippen molar-refractivity contribution in [1.29, 1.82) is 0 Å². The lowest BCUT2D eigenvalue weighted by Crippen LogP contribution is -2.17. The van der Waals surface area contributed by atoms with Crippen molar-refractivity contribution in [2.75, 3.05) is 7.11 Å². The maximum atomic E-state index is 12.1. The number of hydrogen-bond acceptors (Lipinski definition) is 7. The van der Waals surface area contributed by atoms with Gasteiger partial charge in [0.2, 0.25) is 0 Å². The van der Waals surface area contributed by atoms with E-state index in [-0.39, 0.29) is 16.9 Å². The molecule has 1 aromatic carbocycles. The summed E-state index contributed by atoms with van der Waals surface area (Å²) in [4.78, 5) is 45.8. The predicted molar refractivity (Wildman–Crippen MR) is 77.4 cm³/mol. The molecule has 0 N–H and O–H groups in total. The van der Waals surface area contributed by atoms with E-state index in [1.807, 2.05) is 0 Å². The SMILES string of the molecule is BCc1ccc(C(=O)OC(C)=O)c(OC)c1C(=O)OC(C)=O. The Kier molecular flexibility index (Phi) is 5.85. The van der Waals surface area contributed by atoms with Gasteiger partial charge in [-0.1, -0.05) is 12.4 Å². The van der Waals surface area contributed by atoms with Crippen LogP contribution in [0.15, 0.2) is 12.1 Å². The summed E-state index contributed by atoms with van der Waals surface area (Å²) in [5.41, 5.74) is 0.381. The molecule has 0 aliphatic heterocycles. The Morgan fingerprint density at radius 2 is 1.55 bits per heavy atom. The summed E-state index contributed by atoms with van der Waals surface area (Å²) >= 11 is 0. The van der Waals surface area contributed by atoms with Gasteiger partial charge in [-0.2, -0.15) is 0 Å². The van der Waals surface area contributed by atoms with Crippen LogP contribution in [0.4, 0.5) is 0 Å². The molecule has 0 unspecified atom stereocenters. The molecular weight excluding hydrogens is 291 g/mol. The molecule has 0 atom stereocenters. The Morgan fingerprint density at radius 1 is 1.00 bits per heavy atom. The largest absolute Gasteiger partial charge is 0.495 e. The number of ether oxygens (including phenoxy) is 3. The topological polar surface area (TPSA) is 96.0 Å². The summed E-state index contributed by atoms with van der Waals surface area (Å²) in [6.07, 6.45) is 0.445.